The summed E-state index contributed by atoms with van der Waals surface area (Å²) in [5, 5.41) is 0. The number of carbonyl (C=O) groups is 1. The van der Waals surface area contributed by atoms with Crippen molar-refractivity contribution in [2.75, 3.05) is 26.7 Å². The van der Waals surface area contributed by atoms with Gasteiger partial charge < -0.3 is 4.90 Å². The van der Waals surface area contributed by atoms with Gasteiger partial charge in [-0.15, -0.1) is 0 Å². The number of likely N-dealkylation sites (N-methyl/N-ethyl adjacent to an activating group) is 1. The number of carbonyl (C=O) groups excluding carboxylic acids is 1. The lowest BCUT2D eigenvalue weighted by Crippen LogP contribution is -2.47. The van der Waals surface area contributed by atoms with E-state index >= 15 is 0 Å². The highest BCUT2D eigenvalue weighted by molar-refractivity contribution is 5.78. The minimum Gasteiger partial charge on any atom is -0.339 e. The highest BCUT2D eigenvalue weighted by Gasteiger charge is 2.27. The molecule has 0 N–H and O–H groups in total. The topological polar surface area (TPSA) is 23.6 Å². The molecule has 1 saturated heterocycles. The normalized spacial score (nSPS) is 25.4. The molecule has 3 heteroatoms. The predicted octanol–water partition coefficient (Wildman–Crippen LogP) is 2.12. The summed E-state index contributed by atoms with van der Waals surface area (Å²) in [5.41, 5.74) is 0. The fourth-order valence-electron chi connectivity index (χ4n) is 2.88. The van der Waals surface area contributed by atoms with Gasteiger partial charge in [-0.2, -0.15) is 0 Å². The first kappa shape index (κ1) is 12.9. The van der Waals surface area contributed by atoms with Crippen molar-refractivity contribution >= 4 is 5.91 Å². The second-order valence-corrected chi connectivity index (χ2v) is 5.79. The molecule has 1 heterocycles. The first-order chi connectivity index (χ1) is 8.20. The zero-order valence-electron chi connectivity index (χ0n) is 11.3. The van der Waals surface area contributed by atoms with Crippen molar-refractivity contribution < 1.29 is 4.79 Å². The molecule has 0 unspecified atom stereocenters. The second-order valence-electron chi connectivity index (χ2n) is 5.79. The van der Waals surface area contributed by atoms with Gasteiger partial charge in [0.1, 0.15) is 0 Å². The summed E-state index contributed by atoms with van der Waals surface area (Å²) < 4.78 is 0. The summed E-state index contributed by atoms with van der Waals surface area (Å²) in [7, 11) is 2.08. The zero-order valence-corrected chi connectivity index (χ0v) is 11.3. The SMILES string of the molecule is CC[C@@H]1CCCCN1C(=O)CN(C)CC1CC1. The fourth-order valence-corrected chi connectivity index (χ4v) is 2.88. The van der Waals surface area contributed by atoms with E-state index in [0.29, 0.717) is 18.5 Å². The predicted molar refractivity (Wildman–Crippen MR) is 69.9 cm³/mol. The number of amides is 1. The Morgan fingerprint density at radius 2 is 2.06 bits per heavy atom. The Hall–Kier alpha value is -0.570. The number of hydrogen-bond acceptors (Lipinski definition) is 2. The molecular weight excluding hydrogens is 212 g/mol. The van der Waals surface area contributed by atoms with Gasteiger partial charge in [0.25, 0.3) is 0 Å². The Morgan fingerprint density at radius 3 is 2.71 bits per heavy atom. The summed E-state index contributed by atoms with van der Waals surface area (Å²) in [5.74, 6) is 1.22. The molecule has 2 aliphatic rings. The molecule has 1 amide bonds. The van der Waals surface area contributed by atoms with Crippen molar-refractivity contribution in [1.29, 1.82) is 0 Å². The standard InChI is InChI=1S/C14H26N2O/c1-3-13-6-4-5-9-16(13)14(17)11-15(2)10-12-7-8-12/h12-13H,3-11H2,1-2H3/t13-/m1/s1. The Bertz CT molecular complexity index is 263. The summed E-state index contributed by atoms with van der Waals surface area (Å²) in [6.45, 7) is 4.90. The van der Waals surface area contributed by atoms with Gasteiger partial charge in [-0.05, 0) is 51.5 Å². The van der Waals surface area contributed by atoms with E-state index in [1.807, 2.05) is 0 Å². The molecule has 17 heavy (non-hydrogen) atoms. The molecule has 0 aromatic rings. The van der Waals surface area contributed by atoms with Crippen LogP contribution < -0.4 is 0 Å². The van der Waals surface area contributed by atoms with Crippen LogP contribution in [0.5, 0.6) is 0 Å². The molecule has 0 bridgehead atoms. The van der Waals surface area contributed by atoms with Crippen LogP contribution in [0.2, 0.25) is 0 Å². The molecule has 2 fully saturated rings. The minimum atomic E-state index is 0.347. The highest BCUT2D eigenvalue weighted by atomic mass is 16.2. The fraction of sp³-hybridized carbons (Fsp3) is 0.929. The zero-order chi connectivity index (χ0) is 12.3. The molecule has 0 radical (unpaired) electrons. The van der Waals surface area contributed by atoms with Crippen LogP contribution in [-0.2, 0) is 4.79 Å². The van der Waals surface area contributed by atoms with E-state index in [9.17, 15) is 4.79 Å². The molecule has 2 rings (SSSR count). The Kier molecular flexibility index (Phi) is 4.43. The van der Waals surface area contributed by atoms with Crippen LogP contribution in [0.25, 0.3) is 0 Å². The van der Waals surface area contributed by atoms with Crippen molar-refractivity contribution in [3.63, 3.8) is 0 Å². The third-order valence-electron chi connectivity index (χ3n) is 4.09. The van der Waals surface area contributed by atoms with E-state index in [0.717, 1.165) is 25.4 Å². The molecule has 1 saturated carbocycles. The van der Waals surface area contributed by atoms with Gasteiger partial charge >= 0.3 is 0 Å². The van der Waals surface area contributed by atoms with Crippen molar-refractivity contribution in [3.05, 3.63) is 0 Å². The largest absolute Gasteiger partial charge is 0.339 e. The van der Waals surface area contributed by atoms with Gasteiger partial charge in [0.05, 0.1) is 6.54 Å². The van der Waals surface area contributed by atoms with Gasteiger partial charge in [-0.1, -0.05) is 6.92 Å². The van der Waals surface area contributed by atoms with Crippen LogP contribution in [0.4, 0.5) is 0 Å². The van der Waals surface area contributed by atoms with Crippen LogP contribution in [0.3, 0.4) is 0 Å². The van der Waals surface area contributed by atoms with E-state index in [-0.39, 0.29) is 0 Å². The summed E-state index contributed by atoms with van der Waals surface area (Å²) >= 11 is 0. The quantitative estimate of drug-likeness (QED) is 0.732. The van der Waals surface area contributed by atoms with Crippen molar-refractivity contribution in [2.45, 2.75) is 51.5 Å². The Morgan fingerprint density at radius 1 is 1.29 bits per heavy atom. The van der Waals surface area contributed by atoms with Crippen molar-refractivity contribution in [1.82, 2.24) is 9.80 Å². The van der Waals surface area contributed by atoms with Crippen LogP contribution in [0.15, 0.2) is 0 Å². The van der Waals surface area contributed by atoms with Crippen LogP contribution in [-0.4, -0.2) is 48.4 Å². The maximum atomic E-state index is 12.3. The summed E-state index contributed by atoms with van der Waals surface area (Å²) in [6, 6.07) is 0.505. The van der Waals surface area contributed by atoms with E-state index in [4.69, 9.17) is 0 Å². The molecular formula is C14H26N2O. The first-order valence-corrected chi connectivity index (χ1v) is 7.18. The number of hydrogen-bond donors (Lipinski definition) is 0. The van der Waals surface area contributed by atoms with Gasteiger partial charge in [0.15, 0.2) is 0 Å². The number of likely N-dealkylation sites (tertiary alicyclic amines) is 1. The van der Waals surface area contributed by atoms with Crippen LogP contribution in [0.1, 0.15) is 45.4 Å². The van der Waals surface area contributed by atoms with Crippen molar-refractivity contribution in [3.8, 4) is 0 Å². The molecule has 1 atom stereocenters. The second kappa shape index (κ2) is 5.85. The lowest BCUT2D eigenvalue weighted by molar-refractivity contribution is -0.135. The third-order valence-corrected chi connectivity index (χ3v) is 4.09. The van der Waals surface area contributed by atoms with E-state index in [1.165, 1.54) is 32.1 Å². The first-order valence-electron chi connectivity index (χ1n) is 7.18. The molecule has 3 nitrogen and oxygen atoms in total. The molecule has 0 aromatic carbocycles. The van der Waals surface area contributed by atoms with Gasteiger partial charge in [-0.3, -0.25) is 9.69 Å². The van der Waals surface area contributed by atoms with E-state index in [1.54, 1.807) is 0 Å². The molecule has 0 aromatic heterocycles. The molecule has 0 spiro atoms. The highest BCUT2D eigenvalue weighted by Crippen LogP contribution is 2.29. The number of rotatable bonds is 5. The van der Waals surface area contributed by atoms with Crippen LogP contribution in [0, 0.1) is 5.92 Å². The van der Waals surface area contributed by atoms with Gasteiger partial charge in [-0.25, -0.2) is 0 Å². The lowest BCUT2D eigenvalue weighted by atomic mass is 10.00. The van der Waals surface area contributed by atoms with E-state index < -0.39 is 0 Å². The van der Waals surface area contributed by atoms with Crippen molar-refractivity contribution in [2.24, 2.45) is 5.92 Å². The van der Waals surface area contributed by atoms with Gasteiger partial charge in [0.2, 0.25) is 5.91 Å². The van der Waals surface area contributed by atoms with Crippen LogP contribution >= 0.6 is 0 Å². The molecule has 1 aliphatic heterocycles. The Balaban J connectivity index is 1.79. The van der Waals surface area contributed by atoms with Gasteiger partial charge in [0, 0.05) is 19.1 Å². The van der Waals surface area contributed by atoms with E-state index in [2.05, 4.69) is 23.8 Å². The smallest absolute Gasteiger partial charge is 0.236 e. The molecule has 98 valence electrons. The summed E-state index contributed by atoms with van der Waals surface area (Å²) in [6.07, 6.45) is 7.51. The summed E-state index contributed by atoms with van der Waals surface area (Å²) in [4.78, 5) is 16.6. The average molecular weight is 238 g/mol. The maximum Gasteiger partial charge on any atom is 0.236 e. The molecule has 1 aliphatic carbocycles. The maximum absolute atomic E-state index is 12.3. The Labute approximate surface area is 105 Å². The monoisotopic (exact) mass is 238 g/mol. The number of nitrogens with zero attached hydrogens (tertiary/aromatic N) is 2. The lowest BCUT2D eigenvalue weighted by Gasteiger charge is -2.36. The number of piperidine rings is 1. The average Bonchev–Trinajstić information content (AvgIpc) is 3.12. The third kappa shape index (κ3) is 3.70. The minimum absolute atomic E-state index is 0.347.